The number of hydrogen-bond acceptors (Lipinski definition) is 4. The number of nitrogens with zero attached hydrogens (tertiary/aromatic N) is 3. The highest BCUT2D eigenvalue weighted by Gasteiger charge is 2.29. The smallest absolute Gasteiger partial charge is 0.410 e. The fourth-order valence-electron chi connectivity index (χ4n) is 5.59. The van der Waals surface area contributed by atoms with Gasteiger partial charge in [-0.15, -0.1) is 0 Å². The minimum Gasteiger partial charge on any atom is -0.448 e. The van der Waals surface area contributed by atoms with Gasteiger partial charge in [0.1, 0.15) is 13.2 Å². The van der Waals surface area contributed by atoms with Crippen LogP contribution in [0.4, 0.5) is 4.79 Å². The van der Waals surface area contributed by atoms with Crippen LogP contribution in [0.2, 0.25) is 0 Å². The standard InChI is InChI=1S/C28H34N4O3/c1-17(2)26-23-15-21(5-6-24(23)30-27(26)22-13-18(3)29-19(4)14-22)20-7-9-31(10-8-20)25(33)16-32-11-12-35-28(32)34/h5-6,13-15,17,20,30H,7-12,16H2,1-4H3. The third-order valence-corrected chi connectivity index (χ3v) is 7.30. The van der Waals surface area contributed by atoms with E-state index in [9.17, 15) is 9.59 Å². The molecule has 184 valence electrons. The Hall–Kier alpha value is -3.35. The minimum atomic E-state index is -0.384. The first-order chi connectivity index (χ1) is 16.8. The molecule has 7 heteroatoms. The summed E-state index contributed by atoms with van der Waals surface area (Å²) in [4.78, 5) is 36.0. The Bertz CT molecular complexity index is 1250. The fraction of sp³-hybridized carbons (Fsp3) is 0.464. The zero-order chi connectivity index (χ0) is 24.7. The van der Waals surface area contributed by atoms with Crippen molar-refractivity contribution in [2.45, 2.75) is 52.4 Å². The lowest BCUT2D eigenvalue weighted by atomic mass is 9.87. The lowest BCUT2D eigenvalue weighted by Gasteiger charge is -2.33. The molecule has 0 radical (unpaired) electrons. The van der Waals surface area contributed by atoms with Crippen LogP contribution in [0.3, 0.4) is 0 Å². The lowest BCUT2D eigenvalue weighted by molar-refractivity contribution is -0.132. The van der Waals surface area contributed by atoms with E-state index in [2.05, 4.69) is 54.1 Å². The summed E-state index contributed by atoms with van der Waals surface area (Å²) in [7, 11) is 0. The molecule has 2 saturated heterocycles. The number of amides is 2. The van der Waals surface area contributed by atoms with E-state index in [4.69, 9.17) is 4.74 Å². The van der Waals surface area contributed by atoms with Crippen LogP contribution >= 0.6 is 0 Å². The number of benzene rings is 1. The molecule has 0 spiro atoms. The molecule has 2 amide bonds. The molecule has 4 heterocycles. The number of ether oxygens (including phenoxy) is 1. The molecule has 0 atom stereocenters. The first-order valence-electron chi connectivity index (χ1n) is 12.6. The van der Waals surface area contributed by atoms with Gasteiger partial charge in [-0.1, -0.05) is 19.9 Å². The summed E-state index contributed by atoms with van der Waals surface area (Å²) in [5.74, 6) is 0.807. The molecular formula is C28H34N4O3. The number of carbonyl (C=O) groups excluding carboxylic acids is 2. The molecule has 2 aromatic heterocycles. The number of carbonyl (C=O) groups is 2. The number of hydrogen-bond donors (Lipinski definition) is 1. The van der Waals surface area contributed by atoms with Crippen LogP contribution in [-0.2, 0) is 9.53 Å². The van der Waals surface area contributed by atoms with Gasteiger partial charge in [0.05, 0.1) is 12.2 Å². The van der Waals surface area contributed by atoms with Crippen LogP contribution in [0.5, 0.6) is 0 Å². The topological polar surface area (TPSA) is 78.5 Å². The number of likely N-dealkylation sites (tertiary alicyclic amines) is 1. The summed E-state index contributed by atoms with van der Waals surface area (Å²) in [6.45, 7) is 11.0. The number of pyridine rings is 1. The van der Waals surface area contributed by atoms with Crippen molar-refractivity contribution in [2.75, 3.05) is 32.8 Å². The third-order valence-electron chi connectivity index (χ3n) is 7.30. The largest absolute Gasteiger partial charge is 0.448 e. The highest BCUT2D eigenvalue weighted by atomic mass is 16.6. The van der Waals surface area contributed by atoms with Crippen LogP contribution in [0.25, 0.3) is 22.2 Å². The molecule has 0 saturated carbocycles. The molecule has 0 unspecified atom stereocenters. The highest BCUT2D eigenvalue weighted by Crippen LogP contribution is 2.38. The number of fused-ring (bicyclic) bond motifs is 1. The number of H-pyrrole nitrogens is 1. The summed E-state index contributed by atoms with van der Waals surface area (Å²) in [5, 5.41) is 1.28. The van der Waals surface area contributed by atoms with E-state index < -0.39 is 0 Å². The highest BCUT2D eigenvalue weighted by molar-refractivity contribution is 5.92. The van der Waals surface area contributed by atoms with Crippen molar-refractivity contribution in [3.63, 3.8) is 0 Å². The predicted molar refractivity (Wildman–Crippen MR) is 137 cm³/mol. The molecule has 1 N–H and O–H groups in total. The average molecular weight is 475 g/mol. The van der Waals surface area contributed by atoms with Crippen molar-refractivity contribution in [1.82, 2.24) is 19.8 Å². The van der Waals surface area contributed by atoms with Crippen LogP contribution in [0, 0.1) is 13.8 Å². The minimum absolute atomic E-state index is 0.0121. The second-order valence-electron chi connectivity index (χ2n) is 10.2. The van der Waals surface area contributed by atoms with Gasteiger partial charge in [-0.2, -0.15) is 0 Å². The van der Waals surface area contributed by atoms with E-state index in [1.807, 2.05) is 18.7 Å². The molecule has 0 bridgehead atoms. The predicted octanol–water partition coefficient (Wildman–Crippen LogP) is 5.13. The molecule has 2 fully saturated rings. The van der Waals surface area contributed by atoms with Gasteiger partial charge in [0.15, 0.2) is 0 Å². The molecule has 7 nitrogen and oxygen atoms in total. The summed E-state index contributed by atoms with van der Waals surface area (Å²) in [5.41, 5.74) is 8.25. The number of aromatic nitrogens is 2. The maximum Gasteiger partial charge on any atom is 0.410 e. The van der Waals surface area contributed by atoms with Gasteiger partial charge in [0.2, 0.25) is 5.91 Å². The number of rotatable bonds is 5. The Morgan fingerprint density at radius 1 is 1.11 bits per heavy atom. The Balaban J connectivity index is 1.36. The van der Waals surface area contributed by atoms with Gasteiger partial charge in [-0.05, 0) is 73.9 Å². The van der Waals surface area contributed by atoms with E-state index in [0.29, 0.717) is 25.0 Å². The van der Waals surface area contributed by atoms with Crippen LogP contribution in [0.15, 0.2) is 30.3 Å². The molecule has 35 heavy (non-hydrogen) atoms. The van der Waals surface area contributed by atoms with Crippen molar-refractivity contribution in [3.05, 3.63) is 52.8 Å². The quantitative estimate of drug-likeness (QED) is 0.556. The van der Waals surface area contributed by atoms with Crippen molar-refractivity contribution >= 4 is 22.9 Å². The van der Waals surface area contributed by atoms with Crippen molar-refractivity contribution < 1.29 is 14.3 Å². The zero-order valence-electron chi connectivity index (χ0n) is 21.1. The van der Waals surface area contributed by atoms with E-state index in [1.165, 1.54) is 32.7 Å². The van der Waals surface area contributed by atoms with Gasteiger partial charge >= 0.3 is 6.09 Å². The van der Waals surface area contributed by atoms with Gasteiger partial charge in [0, 0.05) is 40.9 Å². The third kappa shape index (κ3) is 4.64. The molecule has 1 aromatic carbocycles. The Kier molecular flexibility index (Phi) is 6.26. The SMILES string of the molecule is Cc1cc(-c2[nH]c3ccc(C4CCN(C(=O)CN5CCOC5=O)CC4)cc3c2C(C)C)cc(C)n1. The second kappa shape index (κ2) is 9.36. The van der Waals surface area contributed by atoms with Gasteiger partial charge in [-0.3, -0.25) is 14.7 Å². The van der Waals surface area contributed by atoms with Crippen LogP contribution in [0.1, 0.15) is 61.0 Å². The van der Waals surface area contributed by atoms with Gasteiger partial charge in [0.25, 0.3) is 0 Å². The van der Waals surface area contributed by atoms with Crippen molar-refractivity contribution in [1.29, 1.82) is 0 Å². The monoisotopic (exact) mass is 474 g/mol. The first kappa shape index (κ1) is 23.4. The van der Waals surface area contributed by atoms with Crippen molar-refractivity contribution in [3.8, 4) is 11.3 Å². The van der Waals surface area contributed by atoms with Gasteiger partial charge in [-0.25, -0.2) is 4.79 Å². The molecule has 5 rings (SSSR count). The van der Waals surface area contributed by atoms with Gasteiger partial charge < -0.3 is 14.6 Å². The number of nitrogens with one attached hydrogen (secondary N) is 1. The van der Waals surface area contributed by atoms with Crippen LogP contribution in [-0.4, -0.2) is 64.6 Å². The van der Waals surface area contributed by atoms with E-state index in [-0.39, 0.29) is 18.5 Å². The summed E-state index contributed by atoms with van der Waals surface area (Å²) in [6.07, 6.45) is 1.47. The number of aromatic amines is 1. The van der Waals surface area contributed by atoms with E-state index in [0.717, 1.165) is 42.8 Å². The zero-order valence-corrected chi connectivity index (χ0v) is 21.1. The lowest BCUT2D eigenvalue weighted by Crippen LogP contribution is -2.44. The fourth-order valence-corrected chi connectivity index (χ4v) is 5.59. The summed E-state index contributed by atoms with van der Waals surface area (Å²) >= 11 is 0. The van der Waals surface area contributed by atoms with E-state index >= 15 is 0 Å². The molecular weight excluding hydrogens is 440 g/mol. The number of cyclic esters (lactones) is 1. The van der Waals surface area contributed by atoms with Crippen molar-refractivity contribution in [2.24, 2.45) is 0 Å². The van der Waals surface area contributed by atoms with Crippen LogP contribution < -0.4 is 0 Å². The second-order valence-corrected chi connectivity index (χ2v) is 10.2. The Morgan fingerprint density at radius 3 is 2.46 bits per heavy atom. The number of piperidine rings is 1. The summed E-state index contributed by atoms with van der Waals surface area (Å²) < 4.78 is 4.94. The van der Waals surface area contributed by atoms with E-state index in [1.54, 1.807) is 0 Å². The molecule has 2 aliphatic rings. The maximum absolute atomic E-state index is 12.7. The Labute approximate surface area is 206 Å². The first-order valence-corrected chi connectivity index (χ1v) is 12.6. The Morgan fingerprint density at radius 2 is 1.83 bits per heavy atom. The molecule has 2 aliphatic heterocycles. The molecule has 0 aliphatic carbocycles. The maximum atomic E-state index is 12.7. The normalized spacial score (nSPS) is 17.0. The summed E-state index contributed by atoms with van der Waals surface area (Å²) in [6, 6.07) is 11.1. The molecule has 3 aromatic rings. The average Bonchev–Trinajstić information content (AvgIpc) is 3.41. The number of aryl methyl sites for hydroxylation is 2.